The molecular weight excluding hydrogens is 170 g/mol. The summed E-state index contributed by atoms with van der Waals surface area (Å²) in [6, 6.07) is 0. The van der Waals surface area contributed by atoms with Gasteiger partial charge in [0, 0.05) is 11.9 Å². The Balaban J connectivity index is 4.48. The van der Waals surface area contributed by atoms with Crippen molar-refractivity contribution in [2.45, 2.75) is 27.7 Å². The van der Waals surface area contributed by atoms with Crippen LogP contribution in [0.5, 0.6) is 0 Å². The molecule has 0 aliphatic heterocycles. The summed E-state index contributed by atoms with van der Waals surface area (Å²) in [5.74, 6) is 0. The van der Waals surface area contributed by atoms with Crippen molar-refractivity contribution >= 4 is 5.71 Å². The number of aliphatic imine (C=N–C) groups is 1. The van der Waals surface area contributed by atoms with E-state index in [2.05, 4.69) is 18.2 Å². The van der Waals surface area contributed by atoms with E-state index in [1.807, 2.05) is 46.0 Å². The van der Waals surface area contributed by atoms with Gasteiger partial charge >= 0.3 is 0 Å². The van der Waals surface area contributed by atoms with Gasteiger partial charge in [-0.2, -0.15) is 0 Å². The first-order valence-electron chi connectivity index (χ1n) is 4.64. The summed E-state index contributed by atoms with van der Waals surface area (Å²) in [6.45, 7) is 15.6. The zero-order valence-electron chi connectivity index (χ0n) is 9.59. The fourth-order valence-corrected chi connectivity index (χ4v) is 0.683. The lowest BCUT2D eigenvalue weighted by Crippen LogP contribution is -1.81. The molecule has 0 amide bonds. The molecule has 0 aliphatic carbocycles. The third-order valence-corrected chi connectivity index (χ3v) is 1.59. The van der Waals surface area contributed by atoms with Gasteiger partial charge in [0.1, 0.15) is 0 Å². The summed E-state index contributed by atoms with van der Waals surface area (Å²) in [5, 5.41) is 0. The zero-order chi connectivity index (χ0) is 11.1. The second-order valence-corrected chi connectivity index (χ2v) is 3.59. The van der Waals surface area contributed by atoms with Gasteiger partial charge in [-0.15, -0.1) is 0 Å². The Morgan fingerprint density at radius 1 is 1.00 bits per heavy atom. The van der Waals surface area contributed by atoms with Crippen molar-refractivity contribution in [3.05, 3.63) is 48.2 Å². The molecule has 0 aliphatic rings. The van der Waals surface area contributed by atoms with Crippen LogP contribution in [0.1, 0.15) is 27.7 Å². The Bertz CT molecular complexity index is 310. The molecule has 0 saturated carbocycles. The van der Waals surface area contributed by atoms with Gasteiger partial charge in [0.2, 0.25) is 0 Å². The van der Waals surface area contributed by atoms with E-state index in [1.54, 1.807) is 0 Å². The minimum Gasteiger partial charge on any atom is -0.266 e. The van der Waals surface area contributed by atoms with Crippen molar-refractivity contribution in [2.75, 3.05) is 0 Å². The molecule has 0 aromatic carbocycles. The highest BCUT2D eigenvalue weighted by Crippen LogP contribution is 2.09. The van der Waals surface area contributed by atoms with Gasteiger partial charge < -0.3 is 0 Å². The van der Waals surface area contributed by atoms with Gasteiger partial charge in [0.05, 0.1) is 0 Å². The van der Waals surface area contributed by atoms with E-state index >= 15 is 0 Å². The molecule has 0 aromatic rings. The van der Waals surface area contributed by atoms with Crippen molar-refractivity contribution < 1.29 is 0 Å². The van der Waals surface area contributed by atoms with Crippen molar-refractivity contribution in [2.24, 2.45) is 4.99 Å². The highest BCUT2D eigenvalue weighted by molar-refractivity contribution is 5.79. The molecule has 0 saturated heterocycles. The molecule has 0 aromatic heterocycles. The molecule has 0 bridgehead atoms. The molecule has 0 N–H and O–H groups in total. The van der Waals surface area contributed by atoms with E-state index in [-0.39, 0.29) is 0 Å². The first kappa shape index (κ1) is 12.6. The normalized spacial score (nSPS) is 11.6. The lowest BCUT2D eigenvalue weighted by molar-refractivity contribution is 1.36. The van der Waals surface area contributed by atoms with Gasteiger partial charge in [-0.1, -0.05) is 30.9 Å². The van der Waals surface area contributed by atoms with Gasteiger partial charge in [-0.05, 0) is 38.8 Å². The van der Waals surface area contributed by atoms with Gasteiger partial charge in [0.25, 0.3) is 0 Å². The third kappa shape index (κ3) is 6.18. The van der Waals surface area contributed by atoms with Crippen molar-refractivity contribution in [1.82, 2.24) is 0 Å². The average molecular weight is 189 g/mol. The summed E-state index contributed by atoms with van der Waals surface area (Å²) in [4.78, 5) is 4.21. The zero-order valence-corrected chi connectivity index (χ0v) is 9.59. The molecule has 0 spiro atoms. The molecule has 0 rings (SSSR count). The molecule has 0 unspecified atom stereocenters. The molecule has 14 heavy (non-hydrogen) atoms. The first-order chi connectivity index (χ1) is 6.43. The predicted octanol–water partition coefficient (Wildman–Crippen LogP) is 4.06. The smallest absolute Gasteiger partial charge is 0.0301 e. The van der Waals surface area contributed by atoms with Crippen LogP contribution in [0.3, 0.4) is 0 Å². The molecule has 0 atom stereocenters. The second kappa shape index (κ2) is 6.14. The van der Waals surface area contributed by atoms with Crippen LogP contribution in [0.4, 0.5) is 0 Å². The van der Waals surface area contributed by atoms with E-state index in [0.29, 0.717) is 0 Å². The predicted molar refractivity (Wildman–Crippen MR) is 65.6 cm³/mol. The van der Waals surface area contributed by atoms with Gasteiger partial charge in [0.15, 0.2) is 0 Å². The van der Waals surface area contributed by atoms with Crippen LogP contribution in [0.2, 0.25) is 0 Å². The highest BCUT2D eigenvalue weighted by Gasteiger charge is 1.90. The fourth-order valence-electron chi connectivity index (χ4n) is 0.683. The SMILES string of the molecule is C=C(C)/C=C\C(=C)/C(C)=C/N=C(C)C. The third-order valence-electron chi connectivity index (χ3n) is 1.59. The number of hydrogen-bond donors (Lipinski definition) is 0. The summed E-state index contributed by atoms with van der Waals surface area (Å²) >= 11 is 0. The Labute approximate surface area is 87.3 Å². The number of nitrogens with zero attached hydrogens (tertiary/aromatic N) is 1. The lowest BCUT2D eigenvalue weighted by atomic mass is 10.1. The van der Waals surface area contributed by atoms with E-state index in [1.165, 1.54) is 0 Å². The Morgan fingerprint density at radius 3 is 2.00 bits per heavy atom. The van der Waals surface area contributed by atoms with Crippen LogP contribution in [-0.2, 0) is 0 Å². The Kier molecular flexibility index (Phi) is 5.54. The number of allylic oxidation sites excluding steroid dienone is 5. The maximum atomic E-state index is 4.21. The Hall–Kier alpha value is -1.37. The molecule has 76 valence electrons. The quantitative estimate of drug-likeness (QED) is 0.467. The van der Waals surface area contributed by atoms with E-state index in [4.69, 9.17) is 0 Å². The fraction of sp³-hybridized carbons (Fsp3) is 0.308. The molecule has 0 radical (unpaired) electrons. The minimum absolute atomic E-state index is 0.970. The maximum absolute atomic E-state index is 4.21. The van der Waals surface area contributed by atoms with Crippen LogP contribution in [0.25, 0.3) is 0 Å². The van der Waals surface area contributed by atoms with Crippen molar-refractivity contribution in [3.63, 3.8) is 0 Å². The molecule has 0 fully saturated rings. The van der Waals surface area contributed by atoms with Crippen LogP contribution in [-0.4, -0.2) is 5.71 Å². The van der Waals surface area contributed by atoms with Gasteiger partial charge in [-0.3, -0.25) is 4.99 Å². The van der Waals surface area contributed by atoms with Crippen LogP contribution in [0.15, 0.2) is 53.2 Å². The van der Waals surface area contributed by atoms with E-state index in [9.17, 15) is 0 Å². The number of hydrogen-bond acceptors (Lipinski definition) is 1. The van der Waals surface area contributed by atoms with Gasteiger partial charge in [-0.25, -0.2) is 0 Å². The summed E-state index contributed by atoms with van der Waals surface area (Å²) in [5.41, 5.74) is 4.11. The number of rotatable bonds is 4. The van der Waals surface area contributed by atoms with Crippen LogP contribution in [0, 0.1) is 0 Å². The molecular formula is C13H19N. The topological polar surface area (TPSA) is 12.4 Å². The van der Waals surface area contributed by atoms with Crippen LogP contribution < -0.4 is 0 Å². The van der Waals surface area contributed by atoms with E-state index < -0.39 is 0 Å². The van der Waals surface area contributed by atoms with Crippen LogP contribution >= 0.6 is 0 Å². The molecule has 1 nitrogen and oxygen atoms in total. The second-order valence-electron chi connectivity index (χ2n) is 3.59. The largest absolute Gasteiger partial charge is 0.266 e. The molecule has 0 heterocycles. The maximum Gasteiger partial charge on any atom is 0.0301 e. The first-order valence-corrected chi connectivity index (χ1v) is 4.64. The molecule has 1 heteroatoms. The highest BCUT2D eigenvalue weighted by atomic mass is 14.7. The van der Waals surface area contributed by atoms with E-state index in [0.717, 1.165) is 22.4 Å². The minimum atomic E-state index is 0.970. The summed E-state index contributed by atoms with van der Waals surface area (Å²) in [7, 11) is 0. The van der Waals surface area contributed by atoms with Crippen molar-refractivity contribution in [3.8, 4) is 0 Å². The average Bonchev–Trinajstić information content (AvgIpc) is 2.09. The summed E-state index contributed by atoms with van der Waals surface area (Å²) in [6.07, 6.45) is 5.73. The van der Waals surface area contributed by atoms with Crippen molar-refractivity contribution in [1.29, 1.82) is 0 Å². The lowest BCUT2D eigenvalue weighted by Gasteiger charge is -1.98. The standard InChI is InChI=1S/C13H19N/c1-10(2)7-8-12(5)13(6)9-14-11(3)4/h7-9H,1,5H2,2-4,6H3/b8-7-,13-9+. The monoisotopic (exact) mass is 189 g/mol. The summed E-state index contributed by atoms with van der Waals surface area (Å²) < 4.78 is 0. The Morgan fingerprint density at radius 2 is 1.57 bits per heavy atom.